The van der Waals surface area contributed by atoms with E-state index in [1.807, 2.05) is 13.8 Å². The molecule has 28 heavy (non-hydrogen) atoms. The van der Waals surface area contributed by atoms with Gasteiger partial charge >= 0.3 is 17.9 Å². The van der Waals surface area contributed by atoms with Crippen molar-refractivity contribution in [2.24, 2.45) is 0 Å². The SMILES string of the molecule is C=C(C)C(=O)OC(C)(C)CCCCCCCOC(=O)CCCCCCC(=O)O. The van der Waals surface area contributed by atoms with Crippen molar-refractivity contribution in [2.75, 3.05) is 6.61 Å². The number of esters is 2. The second-order valence-corrected chi connectivity index (χ2v) is 7.98. The number of carboxylic acid groups (broad SMARTS) is 1. The molecule has 0 aliphatic heterocycles. The molecule has 162 valence electrons. The Kier molecular flexibility index (Phi) is 14.1. The van der Waals surface area contributed by atoms with Crippen molar-refractivity contribution in [3.8, 4) is 0 Å². The lowest BCUT2D eigenvalue weighted by molar-refractivity contribution is -0.152. The minimum Gasteiger partial charge on any atom is -0.481 e. The van der Waals surface area contributed by atoms with Gasteiger partial charge in [-0.3, -0.25) is 9.59 Å². The average molecular weight is 399 g/mol. The van der Waals surface area contributed by atoms with E-state index in [-0.39, 0.29) is 18.4 Å². The van der Waals surface area contributed by atoms with Crippen LogP contribution in [0.3, 0.4) is 0 Å². The summed E-state index contributed by atoms with van der Waals surface area (Å²) in [6.07, 6.45) is 9.50. The number of hydrogen-bond acceptors (Lipinski definition) is 5. The molecule has 0 saturated heterocycles. The van der Waals surface area contributed by atoms with Gasteiger partial charge in [-0.1, -0.05) is 38.7 Å². The molecule has 0 atom stereocenters. The van der Waals surface area contributed by atoms with Gasteiger partial charge in [-0.25, -0.2) is 4.79 Å². The van der Waals surface area contributed by atoms with E-state index < -0.39 is 11.6 Å². The van der Waals surface area contributed by atoms with Crippen molar-refractivity contribution in [1.82, 2.24) is 0 Å². The van der Waals surface area contributed by atoms with Crippen LogP contribution in [0, 0.1) is 0 Å². The highest BCUT2D eigenvalue weighted by atomic mass is 16.6. The van der Waals surface area contributed by atoms with Crippen LogP contribution in [0.2, 0.25) is 0 Å². The summed E-state index contributed by atoms with van der Waals surface area (Å²) in [5, 5.41) is 8.54. The number of ether oxygens (including phenoxy) is 2. The predicted molar refractivity (Wildman–Crippen MR) is 109 cm³/mol. The van der Waals surface area contributed by atoms with Gasteiger partial charge in [-0.05, 0) is 52.9 Å². The monoisotopic (exact) mass is 398 g/mol. The summed E-state index contributed by atoms with van der Waals surface area (Å²) in [7, 11) is 0. The van der Waals surface area contributed by atoms with Crippen molar-refractivity contribution in [2.45, 2.75) is 103 Å². The minimum atomic E-state index is -0.769. The molecule has 0 saturated carbocycles. The maximum absolute atomic E-state index is 11.6. The largest absolute Gasteiger partial charge is 0.481 e. The minimum absolute atomic E-state index is 0.167. The Morgan fingerprint density at radius 3 is 2.00 bits per heavy atom. The lowest BCUT2D eigenvalue weighted by Crippen LogP contribution is -2.28. The fraction of sp³-hybridized carbons (Fsp3) is 0.773. The fourth-order valence-corrected chi connectivity index (χ4v) is 2.73. The lowest BCUT2D eigenvalue weighted by atomic mass is 9.99. The highest BCUT2D eigenvalue weighted by Crippen LogP contribution is 2.20. The van der Waals surface area contributed by atoms with Gasteiger partial charge in [0.2, 0.25) is 0 Å². The Hall–Kier alpha value is -1.85. The van der Waals surface area contributed by atoms with E-state index in [4.69, 9.17) is 14.6 Å². The molecule has 0 fully saturated rings. The molecule has 0 bridgehead atoms. The van der Waals surface area contributed by atoms with Crippen LogP contribution in [0.5, 0.6) is 0 Å². The molecule has 6 nitrogen and oxygen atoms in total. The smallest absolute Gasteiger partial charge is 0.333 e. The molecular formula is C22H38O6. The number of carboxylic acids is 1. The van der Waals surface area contributed by atoms with Crippen molar-refractivity contribution < 1.29 is 29.0 Å². The van der Waals surface area contributed by atoms with Crippen LogP contribution in [0.1, 0.15) is 97.8 Å². The molecule has 0 amide bonds. The van der Waals surface area contributed by atoms with E-state index >= 15 is 0 Å². The zero-order chi connectivity index (χ0) is 21.4. The normalized spacial score (nSPS) is 11.1. The molecule has 0 radical (unpaired) electrons. The second-order valence-electron chi connectivity index (χ2n) is 7.98. The van der Waals surface area contributed by atoms with E-state index in [2.05, 4.69) is 6.58 Å². The summed E-state index contributed by atoms with van der Waals surface area (Å²) in [6, 6.07) is 0. The molecular weight excluding hydrogens is 360 g/mol. The molecule has 0 unspecified atom stereocenters. The summed E-state index contributed by atoms with van der Waals surface area (Å²) in [5.74, 6) is -1.28. The third-order valence-corrected chi connectivity index (χ3v) is 4.43. The lowest BCUT2D eigenvalue weighted by Gasteiger charge is -2.25. The van der Waals surface area contributed by atoms with Gasteiger partial charge in [-0.2, -0.15) is 0 Å². The molecule has 0 aliphatic carbocycles. The molecule has 0 rings (SSSR count). The first-order chi connectivity index (χ1) is 13.1. The van der Waals surface area contributed by atoms with E-state index in [0.29, 0.717) is 25.0 Å². The quantitative estimate of drug-likeness (QED) is 0.206. The van der Waals surface area contributed by atoms with Gasteiger partial charge in [0.25, 0.3) is 0 Å². The summed E-state index contributed by atoms with van der Waals surface area (Å²) in [4.78, 5) is 33.6. The molecule has 0 aliphatic rings. The van der Waals surface area contributed by atoms with Crippen molar-refractivity contribution >= 4 is 17.9 Å². The third kappa shape index (κ3) is 16.3. The van der Waals surface area contributed by atoms with E-state index in [9.17, 15) is 14.4 Å². The number of unbranched alkanes of at least 4 members (excludes halogenated alkanes) is 7. The predicted octanol–water partition coefficient (Wildman–Crippen LogP) is 5.19. The van der Waals surface area contributed by atoms with Crippen LogP contribution in [0.25, 0.3) is 0 Å². The molecule has 0 aromatic carbocycles. The first-order valence-electron chi connectivity index (χ1n) is 10.4. The average Bonchev–Trinajstić information content (AvgIpc) is 2.59. The van der Waals surface area contributed by atoms with Crippen LogP contribution in [-0.4, -0.2) is 35.2 Å². The first-order valence-corrected chi connectivity index (χ1v) is 10.4. The maximum Gasteiger partial charge on any atom is 0.333 e. The Labute approximate surface area is 169 Å². The zero-order valence-corrected chi connectivity index (χ0v) is 17.9. The van der Waals surface area contributed by atoms with Crippen LogP contribution < -0.4 is 0 Å². The van der Waals surface area contributed by atoms with Crippen molar-refractivity contribution in [1.29, 1.82) is 0 Å². The van der Waals surface area contributed by atoms with Gasteiger partial charge in [0.1, 0.15) is 5.60 Å². The summed E-state index contributed by atoms with van der Waals surface area (Å²) in [6.45, 7) is 9.53. The van der Waals surface area contributed by atoms with Gasteiger partial charge < -0.3 is 14.6 Å². The molecule has 6 heteroatoms. The highest BCUT2D eigenvalue weighted by molar-refractivity contribution is 5.87. The topological polar surface area (TPSA) is 89.9 Å². The Balaban J connectivity index is 3.51. The van der Waals surface area contributed by atoms with E-state index in [1.54, 1.807) is 6.92 Å². The van der Waals surface area contributed by atoms with Crippen LogP contribution >= 0.6 is 0 Å². The number of carbonyl (C=O) groups excluding carboxylic acids is 2. The number of rotatable bonds is 17. The number of hydrogen-bond donors (Lipinski definition) is 1. The molecule has 0 spiro atoms. The van der Waals surface area contributed by atoms with Crippen LogP contribution in [0.4, 0.5) is 0 Å². The third-order valence-electron chi connectivity index (χ3n) is 4.43. The van der Waals surface area contributed by atoms with E-state index in [0.717, 1.165) is 57.8 Å². The van der Waals surface area contributed by atoms with Gasteiger partial charge in [0, 0.05) is 18.4 Å². The Bertz CT molecular complexity index is 495. The number of carbonyl (C=O) groups is 3. The molecule has 0 heterocycles. The summed E-state index contributed by atoms with van der Waals surface area (Å²) >= 11 is 0. The maximum atomic E-state index is 11.6. The molecule has 0 aromatic heterocycles. The Morgan fingerprint density at radius 2 is 1.39 bits per heavy atom. The highest BCUT2D eigenvalue weighted by Gasteiger charge is 2.22. The van der Waals surface area contributed by atoms with Crippen molar-refractivity contribution in [3.63, 3.8) is 0 Å². The standard InChI is InChI=1S/C22H38O6/c1-18(2)21(26)28-22(3,4)16-12-8-5-9-13-17-27-20(25)15-11-7-6-10-14-19(23)24/h1,5-17H2,2-4H3,(H,23,24). The second kappa shape index (κ2) is 15.1. The summed E-state index contributed by atoms with van der Waals surface area (Å²) in [5.41, 5.74) is -0.0556. The molecule has 1 N–H and O–H groups in total. The number of aliphatic carboxylic acids is 1. The molecule has 0 aromatic rings. The van der Waals surface area contributed by atoms with Crippen LogP contribution in [-0.2, 0) is 23.9 Å². The van der Waals surface area contributed by atoms with Crippen molar-refractivity contribution in [3.05, 3.63) is 12.2 Å². The Morgan fingerprint density at radius 1 is 0.857 bits per heavy atom. The van der Waals surface area contributed by atoms with Crippen LogP contribution in [0.15, 0.2) is 12.2 Å². The van der Waals surface area contributed by atoms with Gasteiger partial charge in [0.15, 0.2) is 0 Å². The van der Waals surface area contributed by atoms with Gasteiger partial charge in [0.05, 0.1) is 6.61 Å². The summed E-state index contributed by atoms with van der Waals surface area (Å²) < 4.78 is 10.6. The fourth-order valence-electron chi connectivity index (χ4n) is 2.73. The van der Waals surface area contributed by atoms with Gasteiger partial charge in [-0.15, -0.1) is 0 Å². The van der Waals surface area contributed by atoms with E-state index in [1.165, 1.54) is 0 Å². The first kappa shape index (κ1) is 26.1. The zero-order valence-electron chi connectivity index (χ0n) is 17.9.